The third-order valence-electron chi connectivity index (χ3n) is 7.70. The van der Waals surface area contributed by atoms with E-state index >= 15 is 0 Å². The molecule has 1 aliphatic heterocycles. The quantitative estimate of drug-likeness (QED) is 0.159. The lowest BCUT2D eigenvalue weighted by Gasteiger charge is -2.31. The normalized spacial score (nSPS) is 18.9. The topological polar surface area (TPSA) is 64.3 Å². The van der Waals surface area contributed by atoms with Gasteiger partial charge in [-0.3, -0.25) is 0 Å². The highest BCUT2D eigenvalue weighted by atomic mass is 32.2. The molecule has 6 rings (SSSR count). The standard InChI is InChI=1S/C33H34N2O3S3/c1-4-34-30(40-29-15-14-25-10-5-6-11-26(25)32(29)34)19-23-18-24(22-33(2,3)21-23)20-31-35(16-9-17-41(36,37)38)27-12-7-8-13-28(27)39-31/h5-8,10-15,18-20H,4,9,16-17,21-22H2,1-3H3. The van der Waals surface area contributed by atoms with E-state index in [0.29, 0.717) is 13.0 Å². The average molecular weight is 603 g/mol. The molecule has 2 heterocycles. The van der Waals surface area contributed by atoms with Gasteiger partial charge in [-0.1, -0.05) is 79.4 Å². The molecule has 0 spiro atoms. The molecule has 3 aromatic carbocycles. The highest BCUT2D eigenvalue weighted by Gasteiger charge is 2.29. The molecule has 0 amide bonds. The fourth-order valence-electron chi connectivity index (χ4n) is 6.10. The summed E-state index contributed by atoms with van der Waals surface area (Å²) >= 11 is 3.56. The minimum Gasteiger partial charge on any atom is -0.748 e. The predicted molar refractivity (Wildman–Crippen MR) is 171 cm³/mol. The molecule has 0 N–H and O–H groups in total. The van der Waals surface area contributed by atoms with Crippen molar-refractivity contribution in [3.63, 3.8) is 0 Å². The van der Waals surface area contributed by atoms with Gasteiger partial charge in [0.1, 0.15) is 11.2 Å². The second-order valence-corrected chi connectivity index (χ2v) is 15.2. The summed E-state index contributed by atoms with van der Waals surface area (Å²) in [6, 6.07) is 21.3. The van der Waals surface area contributed by atoms with Gasteiger partial charge in [-0.15, -0.1) is 0 Å². The zero-order valence-electron chi connectivity index (χ0n) is 23.6. The van der Waals surface area contributed by atoms with Gasteiger partial charge >= 0.3 is 0 Å². The first-order valence-electron chi connectivity index (χ1n) is 14.1. The van der Waals surface area contributed by atoms with E-state index in [9.17, 15) is 13.0 Å². The summed E-state index contributed by atoms with van der Waals surface area (Å²) in [7, 11) is -4.24. The first kappa shape index (κ1) is 28.2. The molecule has 0 radical (unpaired) electrons. The van der Waals surface area contributed by atoms with Gasteiger partial charge in [0, 0.05) is 23.3 Å². The largest absolute Gasteiger partial charge is 0.748 e. The van der Waals surface area contributed by atoms with Gasteiger partial charge < -0.3 is 9.45 Å². The van der Waals surface area contributed by atoms with E-state index in [0.717, 1.165) is 35.0 Å². The fourth-order valence-corrected chi connectivity index (χ4v) is 8.96. The zero-order chi connectivity index (χ0) is 28.8. The predicted octanol–water partition coefficient (Wildman–Crippen LogP) is 7.88. The van der Waals surface area contributed by atoms with Crippen molar-refractivity contribution in [3.8, 4) is 0 Å². The number of aryl methyl sites for hydroxylation is 1. The number of fused-ring (bicyclic) bond motifs is 4. The summed E-state index contributed by atoms with van der Waals surface area (Å²) in [4.78, 5) is 3.32. The van der Waals surface area contributed by atoms with E-state index in [1.165, 1.54) is 37.1 Å². The van der Waals surface area contributed by atoms with Crippen molar-refractivity contribution in [1.82, 2.24) is 0 Å². The molecule has 0 unspecified atom stereocenters. The van der Waals surface area contributed by atoms with Crippen LogP contribution in [0.15, 0.2) is 93.9 Å². The third-order valence-corrected chi connectivity index (χ3v) is 10.7. The van der Waals surface area contributed by atoms with Crippen molar-refractivity contribution in [2.24, 2.45) is 5.41 Å². The maximum Gasteiger partial charge on any atom is 0.263 e. The van der Waals surface area contributed by atoms with Gasteiger partial charge in [0.15, 0.2) is 0 Å². The molecule has 4 aromatic rings. The lowest BCUT2D eigenvalue weighted by atomic mass is 9.75. The molecule has 1 aromatic heterocycles. The highest BCUT2D eigenvalue weighted by Crippen LogP contribution is 2.48. The summed E-state index contributed by atoms with van der Waals surface area (Å²) in [5, 5.41) is 4.90. The molecule has 0 saturated heterocycles. The molecule has 8 heteroatoms. The Hall–Kier alpha value is -2.91. The second-order valence-electron chi connectivity index (χ2n) is 11.6. The Bertz CT molecular complexity index is 1850. The fraction of sp³-hybridized carbons (Fsp3) is 0.303. The van der Waals surface area contributed by atoms with Gasteiger partial charge in [-0.2, -0.15) is 4.57 Å². The number of benzene rings is 3. The summed E-state index contributed by atoms with van der Waals surface area (Å²) in [6.45, 7) is 8.26. The average Bonchev–Trinajstić information content (AvgIpc) is 3.44. The van der Waals surface area contributed by atoms with Crippen LogP contribution in [0.2, 0.25) is 0 Å². The summed E-state index contributed by atoms with van der Waals surface area (Å²) in [5.74, 6) is -0.353. The summed E-state index contributed by atoms with van der Waals surface area (Å²) < 4.78 is 37.5. The van der Waals surface area contributed by atoms with Crippen LogP contribution in [0.5, 0.6) is 0 Å². The Morgan fingerprint density at radius 2 is 1.80 bits per heavy atom. The molecule has 0 bridgehead atoms. The second kappa shape index (κ2) is 11.1. The van der Waals surface area contributed by atoms with Crippen LogP contribution < -0.4 is 9.47 Å². The van der Waals surface area contributed by atoms with Gasteiger partial charge in [0.2, 0.25) is 5.52 Å². The third kappa shape index (κ3) is 6.02. The van der Waals surface area contributed by atoms with E-state index in [1.54, 1.807) is 11.8 Å². The summed E-state index contributed by atoms with van der Waals surface area (Å²) in [6.07, 6.45) is 9.22. The van der Waals surface area contributed by atoms with Crippen molar-refractivity contribution < 1.29 is 17.5 Å². The van der Waals surface area contributed by atoms with E-state index in [1.807, 2.05) is 23.5 Å². The Labute approximate surface area is 250 Å². The molecule has 212 valence electrons. The molecular formula is C33H34N2O3S3. The van der Waals surface area contributed by atoms with Crippen molar-refractivity contribution >= 4 is 66.0 Å². The number of hydrogen-bond donors (Lipinski definition) is 0. The maximum atomic E-state index is 11.3. The van der Waals surface area contributed by atoms with Crippen LogP contribution in [0.3, 0.4) is 0 Å². The van der Waals surface area contributed by atoms with Crippen molar-refractivity contribution in [3.05, 3.63) is 94.0 Å². The molecule has 2 aliphatic rings. The zero-order valence-corrected chi connectivity index (χ0v) is 26.0. The van der Waals surface area contributed by atoms with Crippen LogP contribution >= 0.6 is 23.1 Å². The number of thiazole rings is 1. The van der Waals surface area contributed by atoms with Crippen LogP contribution in [0.4, 0.5) is 5.69 Å². The Balaban J connectivity index is 1.38. The molecule has 1 aliphatic carbocycles. The van der Waals surface area contributed by atoms with Crippen molar-refractivity contribution in [1.29, 1.82) is 0 Å². The number of anilines is 1. The number of thioether (sulfide) groups is 1. The smallest absolute Gasteiger partial charge is 0.263 e. The number of hydrogen-bond acceptors (Lipinski definition) is 6. The summed E-state index contributed by atoms with van der Waals surface area (Å²) in [5.41, 5.74) is 5.06. The van der Waals surface area contributed by atoms with E-state index in [4.69, 9.17) is 0 Å². The molecule has 0 saturated carbocycles. The van der Waals surface area contributed by atoms with Gasteiger partial charge in [-0.05, 0) is 78.5 Å². The number of aromatic nitrogens is 1. The minimum absolute atomic E-state index is 0.102. The van der Waals surface area contributed by atoms with Crippen LogP contribution in [-0.2, 0) is 16.7 Å². The SMILES string of the molecule is CC[n+]1c(/C=C2C=C(/C=C3\Sc4ccccc4N3CCCS(=O)(=O)[O-])CC(C)(C)C/2)sc2ccc3ccccc3c21. The number of para-hydroxylation sites is 1. The Morgan fingerprint density at radius 3 is 2.61 bits per heavy atom. The number of rotatable bonds is 7. The van der Waals surface area contributed by atoms with Crippen molar-refractivity contribution in [2.75, 3.05) is 17.2 Å². The maximum absolute atomic E-state index is 11.3. The van der Waals surface area contributed by atoms with Crippen LogP contribution in [0, 0.1) is 5.41 Å². The Morgan fingerprint density at radius 1 is 1.02 bits per heavy atom. The molecule has 0 atom stereocenters. The molecule has 0 fully saturated rings. The van der Waals surface area contributed by atoms with Crippen molar-refractivity contribution in [2.45, 2.75) is 51.5 Å². The van der Waals surface area contributed by atoms with E-state index < -0.39 is 10.1 Å². The first-order valence-corrected chi connectivity index (χ1v) is 17.3. The monoisotopic (exact) mass is 602 g/mol. The molecule has 5 nitrogen and oxygen atoms in total. The lowest BCUT2D eigenvalue weighted by molar-refractivity contribution is -0.664. The van der Waals surface area contributed by atoms with E-state index in [-0.39, 0.29) is 11.2 Å². The molecule has 41 heavy (non-hydrogen) atoms. The van der Waals surface area contributed by atoms with Crippen LogP contribution in [0.25, 0.3) is 27.1 Å². The molecular weight excluding hydrogens is 569 g/mol. The minimum atomic E-state index is -4.24. The van der Waals surface area contributed by atoms with Crippen LogP contribution in [-0.4, -0.2) is 25.3 Å². The Kier molecular flexibility index (Phi) is 7.61. The van der Waals surface area contributed by atoms with E-state index in [2.05, 4.69) is 97.0 Å². The van der Waals surface area contributed by atoms with Gasteiger partial charge in [0.25, 0.3) is 5.01 Å². The van der Waals surface area contributed by atoms with Crippen LogP contribution in [0.1, 0.15) is 45.0 Å². The first-order chi connectivity index (χ1) is 19.6. The number of allylic oxidation sites excluding steroid dienone is 4. The lowest BCUT2D eigenvalue weighted by Crippen LogP contribution is -2.33. The number of nitrogens with zero attached hydrogens (tertiary/aromatic N) is 2. The van der Waals surface area contributed by atoms with Gasteiger partial charge in [-0.25, -0.2) is 8.42 Å². The highest BCUT2D eigenvalue weighted by molar-refractivity contribution is 8.03. The van der Waals surface area contributed by atoms with Gasteiger partial charge in [0.05, 0.1) is 26.2 Å².